The zero-order valence-corrected chi connectivity index (χ0v) is 14.5. The third-order valence-electron chi connectivity index (χ3n) is 3.90. The van der Waals surface area contributed by atoms with Crippen molar-refractivity contribution < 1.29 is 14.3 Å². The van der Waals surface area contributed by atoms with Gasteiger partial charge in [0.05, 0.1) is 5.56 Å². The molecule has 1 amide bonds. The zero-order chi connectivity index (χ0) is 15.4. The summed E-state index contributed by atoms with van der Waals surface area (Å²) in [5, 5.41) is 0. The number of carbonyl (C=O) groups excluding carboxylic acids is 2. The molecule has 0 N–H and O–H groups in total. The Hall–Kier alpha value is -1.11. The van der Waals surface area contributed by atoms with Crippen LogP contribution in [0.25, 0.3) is 0 Å². The highest BCUT2D eigenvalue weighted by atomic mass is 127. The smallest absolute Gasteiger partial charge is 0.339 e. The van der Waals surface area contributed by atoms with Gasteiger partial charge in [-0.05, 0) is 67.8 Å². The van der Waals surface area contributed by atoms with Gasteiger partial charge in [-0.3, -0.25) is 4.79 Å². The summed E-state index contributed by atoms with van der Waals surface area (Å²) in [6, 6.07) is 7.64. The van der Waals surface area contributed by atoms with Gasteiger partial charge in [0.1, 0.15) is 0 Å². The van der Waals surface area contributed by atoms with Gasteiger partial charge >= 0.3 is 5.97 Å². The fourth-order valence-corrected chi connectivity index (χ4v) is 3.43. The lowest BCUT2D eigenvalue weighted by molar-refractivity contribution is -0.140. The third-order valence-corrected chi connectivity index (χ3v) is 4.84. The molecule has 0 saturated carbocycles. The molecular weight excluding hydrogens is 381 g/mol. The Balaban J connectivity index is 1.95. The summed E-state index contributed by atoms with van der Waals surface area (Å²) in [6.45, 7) is 3.92. The summed E-state index contributed by atoms with van der Waals surface area (Å²) >= 11 is 2.09. The molecule has 1 aliphatic heterocycles. The lowest BCUT2D eigenvalue weighted by Crippen LogP contribution is -2.49. The summed E-state index contributed by atoms with van der Waals surface area (Å²) in [7, 11) is 0. The molecule has 0 radical (unpaired) electrons. The van der Waals surface area contributed by atoms with E-state index in [9.17, 15) is 9.59 Å². The maximum atomic E-state index is 12.3. The van der Waals surface area contributed by atoms with Crippen LogP contribution in [0.4, 0.5) is 0 Å². The minimum atomic E-state index is -0.439. The predicted molar refractivity (Wildman–Crippen MR) is 89.1 cm³/mol. The summed E-state index contributed by atoms with van der Waals surface area (Å²) < 4.78 is 6.01. The second kappa shape index (κ2) is 7.24. The Labute approximate surface area is 139 Å². The van der Waals surface area contributed by atoms with Gasteiger partial charge < -0.3 is 9.64 Å². The van der Waals surface area contributed by atoms with Crippen LogP contribution in [0.3, 0.4) is 0 Å². The molecule has 4 nitrogen and oxygen atoms in total. The van der Waals surface area contributed by atoms with Crippen molar-refractivity contribution in [3.63, 3.8) is 0 Å². The number of piperidine rings is 1. The van der Waals surface area contributed by atoms with E-state index in [1.165, 1.54) is 0 Å². The van der Waals surface area contributed by atoms with Gasteiger partial charge in [0.2, 0.25) is 0 Å². The molecule has 0 unspecified atom stereocenters. The van der Waals surface area contributed by atoms with E-state index in [4.69, 9.17) is 4.74 Å². The van der Waals surface area contributed by atoms with Crippen molar-refractivity contribution in [1.82, 2.24) is 4.90 Å². The molecule has 0 spiro atoms. The van der Waals surface area contributed by atoms with Crippen LogP contribution >= 0.6 is 22.6 Å². The SMILES string of the molecule is C[C@H]1CCC[C@H](C)N1C(=O)COC(=O)c1ccccc1I. The van der Waals surface area contributed by atoms with Crippen LogP contribution in [0.15, 0.2) is 24.3 Å². The molecule has 1 saturated heterocycles. The summed E-state index contributed by atoms with van der Waals surface area (Å²) in [5.74, 6) is -0.542. The van der Waals surface area contributed by atoms with E-state index < -0.39 is 5.97 Å². The number of benzene rings is 1. The lowest BCUT2D eigenvalue weighted by atomic mass is 9.97. The van der Waals surface area contributed by atoms with Crippen molar-refractivity contribution in [3.8, 4) is 0 Å². The van der Waals surface area contributed by atoms with Crippen LogP contribution in [0.1, 0.15) is 43.5 Å². The predicted octanol–water partition coefficient (Wildman–Crippen LogP) is 3.24. The highest BCUT2D eigenvalue weighted by molar-refractivity contribution is 14.1. The molecule has 0 aliphatic carbocycles. The van der Waals surface area contributed by atoms with Crippen LogP contribution in [0.2, 0.25) is 0 Å². The molecule has 2 atom stereocenters. The standard InChI is InChI=1S/C16H20INO3/c1-11-6-5-7-12(2)18(11)15(19)10-21-16(20)13-8-3-4-9-14(13)17/h3-4,8-9,11-12H,5-7,10H2,1-2H3/t11-,12-/m0/s1. The molecule has 0 aromatic heterocycles. The van der Waals surface area contributed by atoms with Gasteiger partial charge in [-0.25, -0.2) is 4.79 Å². The average Bonchev–Trinajstić information content (AvgIpc) is 2.45. The number of rotatable bonds is 3. The molecule has 0 bridgehead atoms. The fourth-order valence-electron chi connectivity index (χ4n) is 2.82. The van der Waals surface area contributed by atoms with Gasteiger partial charge in [-0.2, -0.15) is 0 Å². The second-order valence-corrected chi connectivity index (χ2v) is 6.65. The number of carbonyl (C=O) groups is 2. The maximum Gasteiger partial charge on any atom is 0.339 e. The van der Waals surface area contributed by atoms with Gasteiger partial charge in [0, 0.05) is 15.7 Å². The van der Waals surface area contributed by atoms with E-state index in [2.05, 4.69) is 36.4 Å². The van der Waals surface area contributed by atoms with Gasteiger partial charge in [0.15, 0.2) is 6.61 Å². The van der Waals surface area contributed by atoms with E-state index in [-0.39, 0.29) is 24.6 Å². The van der Waals surface area contributed by atoms with E-state index >= 15 is 0 Å². The molecule has 21 heavy (non-hydrogen) atoms. The van der Waals surface area contributed by atoms with Crippen molar-refractivity contribution in [2.24, 2.45) is 0 Å². The van der Waals surface area contributed by atoms with Gasteiger partial charge in [-0.15, -0.1) is 0 Å². The first-order chi connectivity index (χ1) is 10.0. The van der Waals surface area contributed by atoms with Crippen molar-refractivity contribution in [2.75, 3.05) is 6.61 Å². The van der Waals surface area contributed by atoms with E-state index in [1.54, 1.807) is 12.1 Å². The Kier molecular flexibility index (Phi) is 5.61. The van der Waals surface area contributed by atoms with Gasteiger partial charge in [0.25, 0.3) is 5.91 Å². The maximum absolute atomic E-state index is 12.3. The van der Waals surface area contributed by atoms with E-state index in [0.717, 1.165) is 22.8 Å². The Morgan fingerprint density at radius 2 is 1.86 bits per heavy atom. The normalized spacial score (nSPS) is 22.0. The van der Waals surface area contributed by atoms with Crippen LogP contribution in [-0.4, -0.2) is 35.5 Å². The van der Waals surface area contributed by atoms with Crippen molar-refractivity contribution in [3.05, 3.63) is 33.4 Å². The molecule has 2 rings (SSSR count). The third kappa shape index (κ3) is 3.96. The average molecular weight is 401 g/mol. The first-order valence-electron chi connectivity index (χ1n) is 7.23. The minimum absolute atomic E-state index is 0.103. The number of esters is 1. The number of likely N-dealkylation sites (tertiary alicyclic amines) is 1. The molecule has 114 valence electrons. The van der Waals surface area contributed by atoms with Crippen molar-refractivity contribution in [1.29, 1.82) is 0 Å². The molecule has 5 heteroatoms. The summed E-state index contributed by atoms with van der Waals surface area (Å²) in [4.78, 5) is 26.2. The number of hydrogen-bond acceptors (Lipinski definition) is 3. The molecular formula is C16H20INO3. The van der Waals surface area contributed by atoms with E-state index in [1.807, 2.05) is 17.0 Å². The first kappa shape index (κ1) is 16.3. The summed E-state index contributed by atoms with van der Waals surface area (Å²) in [6.07, 6.45) is 3.18. The Morgan fingerprint density at radius 1 is 1.24 bits per heavy atom. The largest absolute Gasteiger partial charge is 0.452 e. The quantitative estimate of drug-likeness (QED) is 0.577. The van der Waals surface area contributed by atoms with Crippen molar-refractivity contribution in [2.45, 2.75) is 45.2 Å². The van der Waals surface area contributed by atoms with Gasteiger partial charge in [-0.1, -0.05) is 12.1 Å². The minimum Gasteiger partial charge on any atom is -0.452 e. The van der Waals surface area contributed by atoms with E-state index in [0.29, 0.717) is 5.56 Å². The second-order valence-electron chi connectivity index (χ2n) is 5.49. The van der Waals surface area contributed by atoms with Crippen LogP contribution in [0.5, 0.6) is 0 Å². The molecule has 1 aromatic carbocycles. The topological polar surface area (TPSA) is 46.6 Å². The highest BCUT2D eigenvalue weighted by Crippen LogP contribution is 2.22. The molecule has 1 aromatic rings. The first-order valence-corrected chi connectivity index (χ1v) is 8.31. The van der Waals surface area contributed by atoms with Crippen LogP contribution in [0, 0.1) is 3.57 Å². The number of nitrogens with zero attached hydrogens (tertiary/aromatic N) is 1. The number of hydrogen-bond donors (Lipinski definition) is 0. The summed E-state index contributed by atoms with van der Waals surface area (Å²) in [5.41, 5.74) is 0.505. The number of amides is 1. The molecule has 1 fully saturated rings. The zero-order valence-electron chi connectivity index (χ0n) is 12.3. The fraction of sp³-hybridized carbons (Fsp3) is 0.500. The van der Waals surface area contributed by atoms with Crippen LogP contribution < -0.4 is 0 Å². The Morgan fingerprint density at radius 3 is 2.48 bits per heavy atom. The number of halogens is 1. The lowest BCUT2D eigenvalue weighted by Gasteiger charge is -2.38. The van der Waals surface area contributed by atoms with Crippen molar-refractivity contribution >= 4 is 34.5 Å². The molecule has 1 heterocycles. The van der Waals surface area contributed by atoms with Crippen LogP contribution in [-0.2, 0) is 9.53 Å². The molecule has 1 aliphatic rings. The Bertz CT molecular complexity index is 522. The highest BCUT2D eigenvalue weighted by Gasteiger charge is 2.29. The number of ether oxygens (including phenoxy) is 1. The monoisotopic (exact) mass is 401 g/mol.